The molecule has 0 bridgehead atoms. The summed E-state index contributed by atoms with van der Waals surface area (Å²) in [6, 6.07) is 16.7. The number of phenolic OH excluding ortho intramolecular Hbond substituents is 1. The molecule has 2 aromatic carbocycles. The van der Waals surface area contributed by atoms with E-state index in [0.717, 1.165) is 44.0 Å². The molecule has 4 aromatic rings. The SMILES string of the molecule is O=C1CCCC(=O)N1.O=C1CN(C2CCCCC2)CCN1c1cnn(-c2cc(-c3ccccc3O)nnc2NP([O-])[O-])c1.[Na+].[Na+].c1ccc2c(c1)NCCO2. The standard InChI is InChI=1S/C23H26N7O4P.C8H9NO.C5H7NO2.2Na/c31-21-9-5-4-8-18(21)19-12-20(23(26-25-19)27-35(33)34)30-14-17(13-24-30)29-11-10-28(15-22(29)32)16-6-2-1-3-7-16;1-2-4-8-7(3-1)9-5-6-10-8;7-4-2-1-3-5(8)6-4;;/h4-5,8-9,12-14,16,31H,1-3,6-7,10-11,15H2,(H,26,27);1-4,9H,5-6H2;1-3H2,(H,6,7,8);;/q-2;;;2*+1. The minimum absolute atomic E-state index is 0. The van der Waals surface area contributed by atoms with E-state index in [0.29, 0.717) is 61.0 Å². The number of para-hydroxylation sites is 3. The van der Waals surface area contributed by atoms with Gasteiger partial charge in [-0.3, -0.25) is 24.6 Å². The third-order valence-electron chi connectivity index (χ3n) is 9.27. The summed E-state index contributed by atoms with van der Waals surface area (Å²) in [6.45, 7) is 3.44. The van der Waals surface area contributed by atoms with Gasteiger partial charge in [0.1, 0.15) is 23.8 Å². The van der Waals surface area contributed by atoms with Crippen LogP contribution in [0.3, 0.4) is 0 Å². The summed E-state index contributed by atoms with van der Waals surface area (Å²) in [4.78, 5) is 60.4. The Morgan fingerprint density at radius 1 is 0.909 bits per heavy atom. The summed E-state index contributed by atoms with van der Waals surface area (Å²) in [5.41, 5.74) is 2.84. The van der Waals surface area contributed by atoms with Crippen molar-refractivity contribution in [3.63, 3.8) is 0 Å². The minimum atomic E-state index is -2.99. The van der Waals surface area contributed by atoms with Crippen LogP contribution in [0.25, 0.3) is 16.9 Å². The van der Waals surface area contributed by atoms with Crippen LogP contribution in [-0.2, 0) is 14.4 Å². The number of imide groups is 1. The van der Waals surface area contributed by atoms with Gasteiger partial charge < -0.3 is 34.9 Å². The van der Waals surface area contributed by atoms with Crippen LogP contribution in [0.1, 0.15) is 51.4 Å². The van der Waals surface area contributed by atoms with Gasteiger partial charge in [0.25, 0.3) is 0 Å². The van der Waals surface area contributed by atoms with E-state index in [1.165, 1.54) is 30.0 Å². The van der Waals surface area contributed by atoms with Crippen LogP contribution in [0.2, 0.25) is 0 Å². The quantitative estimate of drug-likeness (QED) is 0.0858. The van der Waals surface area contributed by atoms with Crippen molar-refractivity contribution in [1.82, 2.24) is 30.2 Å². The van der Waals surface area contributed by atoms with Crippen LogP contribution in [0, 0.1) is 0 Å². The largest absolute Gasteiger partial charge is 1.00 e. The number of amides is 3. The Morgan fingerprint density at radius 3 is 2.31 bits per heavy atom. The number of hydrogen-bond donors (Lipinski definition) is 4. The van der Waals surface area contributed by atoms with Crippen molar-refractivity contribution in [2.45, 2.75) is 57.4 Å². The summed E-state index contributed by atoms with van der Waals surface area (Å²) in [6.07, 6.45) is 11.0. The molecule has 3 amide bonds. The smallest absolute Gasteiger partial charge is 0.826 e. The van der Waals surface area contributed by atoms with Crippen molar-refractivity contribution < 1.29 is 93.1 Å². The second kappa shape index (κ2) is 22.0. The normalized spacial score (nSPS) is 17.0. The zero-order chi connectivity index (χ0) is 37.2. The van der Waals surface area contributed by atoms with Crippen molar-refractivity contribution in [2.24, 2.45) is 0 Å². The number of phenols is 1. The summed E-state index contributed by atoms with van der Waals surface area (Å²) < 4.78 is 6.81. The maximum absolute atomic E-state index is 13.0. The van der Waals surface area contributed by atoms with E-state index in [1.54, 1.807) is 41.6 Å². The van der Waals surface area contributed by atoms with Gasteiger partial charge in [-0.1, -0.05) is 43.5 Å². The number of aromatic nitrogens is 4. The van der Waals surface area contributed by atoms with E-state index < -0.39 is 8.53 Å². The van der Waals surface area contributed by atoms with Crippen molar-refractivity contribution in [3.05, 3.63) is 67.0 Å². The number of nitrogens with zero attached hydrogens (tertiary/aromatic N) is 6. The Kier molecular flexibility index (Phi) is 17.8. The van der Waals surface area contributed by atoms with Gasteiger partial charge in [0.15, 0.2) is 5.82 Å². The Bertz CT molecular complexity index is 1860. The molecule has 3 aliphatic heterocycles. The van der Waals surface area contributed by atoms with Crippen molar-refractivity contribution in [2.75, 3.05) is 48.1 Å². The molecule has 4 aliphatic rings. The first-order valence-electron chi connectivity index (χ1n) is 17.7. The predicted molar refractivity (Wildman–Crippen MR) is 195 cm³/mol. The molecule has 0 radical (unpaired) electrons. The number of ether oxygens (including phenoxy) is 1. The van der Waals surface area contributed by atoms with Gasteiger partial charge in [0.05, 0.1) is 36.0 Å². The molecule has 2 saturated heterocycles. The zero-order valence-corrected chi connectivity index (χ0v) is 36.0. The van der Waals surface area contributed by atoms with E-state index in [-0.39, 0.29) is 88.4 Å². The van der Waals surface area contributed by atoms with Gasteiger partial charge in [-0.15, -0.1) is 10.2 Å². The molecule has 8 rings (SSSR count). The average molecular weight is 790 g/mol. The Morgan fingerprint density at radius 2 is 1.64 bits per heavy atom. The number of nitrogens with one attached hydrogen (secondary N) is 3. The number of benzene rings is 2. The average Bonchev–Trinajstić information content (AvgIpc) is 3.66. The summed E-state index contributed by atoms with van der Waals surface area (Å²) in [7, 11) is -2.99. The Hall–Kier alpha value is -3.15. The molecule has 5 heterocycles. The van der Waals surface area contributed by atoms with E-state index in [1.807, 2.05) is 24.3 Å². The second-order valence-corrected chi connectivity index (χ2v) is 13.6. The summed E-state index contributed by atoms with van der Waals surface area (Å²) >= 11 is 0. The van der Waals surface area contributed by atoms with Crippen LogP contribution in [0.4, 0.5) is 17.2 Å². The molecule has 19 heteroatoms. The fourth-order valence-corrected chi connectivity index (χ4v) is 6.96. The number of anilines is 3. The van der Waals surface area contributed by atoms with E-state index in [2.05, 4.69) is 35.9 Å². The maximum Gasteiger partial charge on any atom is 1.00 e. The number of aromatic hydroxyl groups is 1. The van der Waals surface area contributed by atoms with Crippen LogP contribution < -0.4 is 94.3 Å². The van der Waals surface area contributed by atoms with Crippen molar-refractivity contribution in [1.29, 1.82) is 0 Å². The fraction of sp³-hybridized carbons (Fsp3) is 0.389. The molecule has 1 aliphatic carbocycles. The van der Waals surface area contributed by atoms with Gasteiger partial charge in [-0.2, -0.15) is 5.10 Å². The molecule has 4 N–H and O–H groups in total. The molecule has 0 spiro atoms. The molecule has 2 aromatic heterocycles. The maximum atomic E-state index is 13.0. The minimum Gasteiger partial charge on any atom is -0.826 e. The molecular weight excluding hydrogens is 747 g/mol. The van der Waals surface area contributed by atoms with Crippen LogP contribution in [0.15, 0.2) is 67.0 Å². The van der Waals surface area contributed by atoms with Crippen molar-refractivity contribution >= 4 is 43.4 Å². The molecule has 3 fully saturated rings. The van der Waals surface area contributed by atoms with Gasteiger partial charge in [0.2, 0.25) is 17.7 Å². The molecule has 0 atom stereocenters. The topological polar surface area (TPSA) is 213 Å². The molecule has 1 saturated carbocycles. The van der Waals surface area contributed by atoms with Gasteiger partial charge in [-0.05, 0) is 49.6 Å². The number of hydrogen-bond acceptors (Lipinski definition) is 13. The van der Waals surface area contributed by atoms with Gasteiger partial charge in [-0.25, -0.2) is 13.2 Å². The molecular formula is C36H42N9Na2O7P. The number of piperidine rings is 1. The first kappa shape index (κ1) is 44.6. The monoisotopic (exact) mass is 789 g/mol. The number of piperazine rings is 1. The van der Waals surface area contributed by atoms with Crippen LogP contribution >= 0.6 is 8.53 Å². The van der Waals surface area contributed by atoms with Gasteiger partial charge in [0, 0.05) is 44.1 Å². The second-order valence-electron chi connectivity index (χ2n) is 12.9. The van der Waals surface area contributed by atoms with E-state index in [9.17, 15) is 29.3 Å². The fourth-order valence-electron chi connectivity index (χ4n) is 6.63. The summed E-state index contributed by atoms with van der Waals surface area (Å²) in [5, 5.41) is 30.4. The van der Waals surface area contributed by atoms with Crippen molar-refractivity contribution in [3.8, 4) is 28.4 Å². The number of fused-ring (bicyclic) bond motifs is 1. The molecule has 16 nitrogen and oxygen atoms in total. The van der Waals surface area contributed by atoms with Crippen LogP contribution in [-0.4, -0.2) is 86.5 Å². The Balaban J connectivity index is 0.000000274. The molecule has 55 heavy (non-hydrogen) atoms. The third-order valence-corrected chi connectivity index (χ3v) is 9.66. The number of rotatable bonds is 6. The van der Waals surface area contributed by atoms with Gasteiger partial charge >= 0.3 is 59.1 Å². The molecule has 0 unspecified atom stereocenters. The van der Waals surface area contributed by atoms with E-state index in [4.69, 9.17) is 4.74 Å². The first-order chi connectivity index (χ1) is 25.7. The van der Waals surface area contributed by atoms with Crippen LogP contribution in [0.5, 0.6) is 11.5 Å². The zero-order valence-electron chi connectivity index (χ0n) is 31.1. The summed E-state index contributed by atoms with van der Waals surface area (Å²) in [5.74, 6) is 0.718. The van der Waals surface area contributed by atoms with E-state index >= 15 is 0 Å². The third kappa shape index (κ3) is 12.4. The number of carbonyl (C=O) groups excluding carboxylic acids is 3. The predicted octanol–water partition coefficient (Wildman–Crippen LogP) is -3.31. The Labute approximate surface area is 365 Å². The number of carbonyl (C=O) groups is 3. The first-order valence-corrected chi connectivity index (χ1v) is 18.9. The molecule has 280 valence electrons.